The molecule has 1 aromatic heterocycles. The van der Waals surface area contributed by atoms with E-state index in [2.05, 4.69) is 11.9 Å². The zero-order valence-corrected chi connectivity index (χ0v) is 16.9. The fourth-order valence-electron chi connectivity index (χ4n) is 3.70. The van der Waals surface area contributed by atoms with Gasteiger partial charge in [-0.05, 0) is 56.5 Å². The number of benzene rings is 2. The maximum Gasteiger partial charge on any atom is 0.228 e. The predicted molar refractivity (Wildman–Crippen MR) is 112 cm³/mol. The van der Waals surface area contributed by atoms with Crippen LogP contribution in [0.5, 0.6) is 5.75 Å². The lowest BCUT2D eigenvalue weighted by atomic mass is 10.2. The van der Waals surface area contributed by atoms with Gasteiger partial charge in [0, 0.05) is 18.2 Å². The van der Waals surface area contributed by atoms with Gasteiger partial charge in [-0.25, -0.2) is 4.98 Å². The number of nitrogens with zero attached hydrogens (tertiary/aromatic N) is 2. The Kier molecular flexibility index (Phi) is 5.65. The van der Waals surface area contributed by atoms with Gasteiger partial charge < -0.3 is 14.1 Å². The van der Waals surface area contributed by atoms with Crippen molar-refractivity contribution < 1.29 is 13.9 Å². The minimum Gasteiger partial charge on any atom is -0.489 e. The van der Waals surface area contributed by atoms with Gasteiger partial charge in [0.15, 0.2) is 0 Å². The lowest BCUT2D eigenvalue weighted by molar-refractivity contribution is -0.131. The molecule has 1 fully saturated rings. The number of hydrogen-bond donors (Lipinski definition) is 0. The van der Waals surface area contributed by atoms with Crippen molar-refractivity contribution >= 4 is 5.91 Å². The molecule has 1 amide bonds. The second-order valence-corrected chi connectivity index (χ2v) is 7.58. The lowest BCUT2D eigenvalue weighted by Crippen LogP contribution is -2.34. The van der Waals surface area contributed by atoms with E-state index in [0.717, 1.165) is 36.3 Å². The molecule has 2 aromatic carbocycles. The molecule has 150 valence electrons. The van der Waals surface area contributed by atoms with Crippen LogP contribution >= 0.6 is 0 Å². The second-order valence-electron chi connectivity index (χ2n) is 7.58. The summed E-state index contributed by atoms with van der Waals surface area (Å²) in [5.74, 6) is 2.15. The van der Waals surface area contributed by atoms with Crippen molar-refractivity contribution in [1.29, 1.82) is 0 Å². The van der Waals surface area contributed by atoms with Crippen molar-refractivity contribution in [2.24, 2.45) is 0 Å². The highest BCUT2D eigenvalue weighted by Gasteiger charge is 2.26. The van der Waals surface area contributed by atoms with Gasteiger partial charge in [-0.1, -0.05) is 30.3 Å². The Balaban J connectivity index is 1.41. The number of aromatic nitrogens is 1. The van der Waals surface area contributed by atoms with E-state index in [0.29, 0.717) is 30.0 Å². The predicted octanol–water partition coefficient (Wildman–Crippen LogP) is 4.78. The van der Waals surface area contributed by atoms with Gasteiger partial charge >= 0.3 is 0 Å². The third-order valence-electron chi connectivity index (χ3n) is 5.43. The summed E-state index contributed by atoms with van der Waals surface area (Å²) in [6.45, 7) is 5.34. The van der Waals surface area contributed by atoms with Crippen LogP contribution < -0.4 is 4.74 Å². The van der Waals surface area contributed by atoms with Crippen LogP contribution in [0.2, 0.25) is 0 Å². The van der Waals surface area contributed by atoms with Crippen LogP contribution in [0.25, 0.3) is 11.5 Å². The average Bonchev–Trinajstić information content (AvgIpc) is 3.33. The molecule has 5 heteroatoms. The Morgan fingerprint density at radius 1 is 1.17 bits per heavy atom. The first kappa shape index (κ1) is 19.2. The number of likely N-dealkylation sites (tertiary alicyclic amines) is 1. The molecule has 0 spiro atoms. The molecular formula is C24H26N2O3. The van der Waals surface area contributed by atoms with Gasteiger partial charge in [0.2, 0.25) is 11.8 Å². The topological polar surface area (TPSA) is 55.6 Å². The Hall–Kier alpha value is -3.08. The van der Waals surface area contributed by atoms with E-state index < -0.39 is 0 Å². The molecule has 0 bridgehead atoms. The fraction of sp³-hybridized carbons (Fsp3) is 0.333. The maximum atomic E-state index is 12.6. The second kappa shape index (κ2) is 8.52. The summed E-state index contributed by atoms with van der Waals surface area (Å²) in [5.41, 5.74) is 2.71. The monoisotopic (exact) mass is 390 g/mol. The molecule has 29 heavy (non-hydrogen) atoms. The number of oxazole rings is 1. The van der Waals surface area contributed by atoms with Gasteiger partial charge in [-0.2, -0.15) is 0 Å². The highest BCUT2D eigenvalue weighted by molar-refractivity contribution is 5.79. The first-order chi connectivity index (χ1) is 14.1. The summed E-state index contributed by atoms with van der Waals surface area (Å²) in [6.07, 6.45) is 2.44. The number of amides is 1. The molecule has 5 nitrogen and oxygen atoms in total. The summed E-state index contributed by atoms with van der Waals surface area (Å²) in [4.78, 5) is 19.1. The summed E-state index contributed by atoms with van der Waals surface area (Å²) in [5, 5.41) is 0. The summed E-state index contributed by atoms with van der Waals surface area (Å²) < 4.78 is 11.7. The van der Waals surface area contributed by atoms with Crippen molar-refractivity contribution in [2.75, 3.05) is 6.54 Å². The van der Waals surface area contributed by atoms with E-state index in [1.54, 1.807) is 0 Å². The van der Waals surface area contributed by atoms with Crippen LogP contribution in [0.1, 0.15) is 36.8 Å². The van der Waals surface area contributed by atoms with E-state index in [-0.39, 0.29) is 12.3 Å². The molecule has 3 aromatic rings. The minimum atomic E-state index is 0.127. The summed E-state index contributed by atoms with van der Waals surface area (Å²) in [6, 6.07) is 18.1. The van der Waals surface area contributed by atoms with Crippen LogP contribution in [-0.2, 0) is 17.8 Å². The largest absolute Gasteiger partial charge is 0.489 e. The van der Waals surface area contributed by atoms with Crippen LogP contribution in [0.15, 0.2) is 59.0 Å². The fourth-order valence-corrected chi connectivity index (χ4v) is 3.70. The first-order valence-electron chi connectivity index (χ1n) is 10.1. The third kappa shape index (κ3) is 4.50. The van der Waals surface area contributed by atoms with Crippen LogP contribution in [0, 0.1) is 6.92 Å². The van der Waals surface area contributed by atoms with Crippen LogP contribution in [0.4, 0.5) is 0 Å². The maximum absolute atomic E-state index is 12.6. The average molecular weight is 390 g/mol. The molecule has 0 saturated carbocycles. The molecule has 0 N–H and O–H groups in total. The highest BCUT2D eigenvalue weighted by Crippen LogP contribution is 2.26. The van der Waals surface area contributed by atoms with Crippen molar-refractivity contribution in [1.82, 2.24) is 9.88 Å². The standard InChI is InChI=1S/C24H26N2O3/c1-17-7-6-14-26(17)23(27)15-22-18(2)29-24(25-22)20-10-12-21(13-11-20)28-16-19-8-4-3-5-9-19/h3-5,8-13,17H,6-7,14-16H2,1-2H3. The molecule has 1 saturated heterocycles. The van der Waals surface area contributed by atoms with Gasteiger partial charge in [0.05, 0.1) is 12.1 Å². The summed E-state index contributed by atoms with van der Waals surface area (Å²) in [7, 11) is 0. The molecule has 2 heterocycles. The number of ether oxygens (including phenoxy) is 1. The Morgan fingerprint density at radius 3 is 2.62 bits per heavy atom. The molecule has 0 radical (unpaired) electrons. The third-order valence-corrected chi connectivity index (χ3v) is 5.43. The number of hydrogen-bond acceptors (Lipinski definition) is 4. The Labute approximate surface area is 171 Å². The van der Waals surface area contributed by atoms with E-state index in [4.69, 9.17) is 9.15 Å². The van der Waals surface area contributed by atoms with Crippen LogP contribution in [-0.4, -0.2) is 28.4 Å². The Bertz CT molecular complexity index is 964. The van der Waals surface area contributed by atoms with E-state index in [1.165, 1.54) is 0 Å². The van der Waals surface area contributed by atoms with E-state index >= 15 is 0 Å². The van der Waals surface area contributed by atoms with Crippen molar-refractivity contribution in [3.8, 4) is 17.2 Å². The SMILES string of the molecule is Cc1oc(-c2ccc(OCc3ccccc3)cc2)nc1CC(=O)N1CCCC1C. The molecule has 1 aliphatic rings. The number of aryl methyl sites for hydroxylation is 1. The number of rotatable bonds is 6. The van der Waals surface area contributed by atoms with E-state index in [1.807, 2.05) is 66.4 Å². The van der Waals surface area contributed by atoms with E-state index in [9.17, 15) is 4.79 Å². The molecule has 0 aliphatic carbocycles. The molecule has 4 rings (SSSR count). The van der Waals surface area contributed by atoms with Gasteiger partial charge in [-0.3, -0.25) is 4.79 Å². The molecule has 1 aliphatic heterocycles. The van der Waals surface area contributed by atoms with Gasteiger partial charge in [0.1, 0.15) is 18.1 Å². The van der Waals surface area contributed by atoms with Gasteiger partial charge in [0.25, 0.3) is 0 Å². The quantitative estimate of drug-likeness (QED) is 0.608. The van der Waals surface area contributed by atoms with Crippen molar-refractivity contribution in [3.63, 3.8) is 0 Å². The number of carbonyl (C=O) groups excluding carboxylic acids is 1. The molecular weight excluding hydrogens is 364 g/mol. The Morgan fingerprint density at radius 2 is 1.93 bits per heavy atom. The van der Waals surface area contributed by atoms with Crippen molar-refractivity contribution in [3.05, 3.63) is 71.6 Å². The lowest BCUT2D eigenvalue weighted by Gasteiger charge is -2.20. The van der Waals surface area contributed by atoms with Crippen molar-refractivity contribution in [2.45, 2.75) is 45.8 Å². The summed E-state index contributed by atoms with van der Waals surface area (Å²) >= 11 is 0. The zero-order chi connectivity index (χ0) is 20.2. The molecule has 1 unspecified atom stereocenters. The highest BCUT2D eigenvalue weighted by atomic mass is 16.5. The first-order valence-corrected chi connectivity index (χ1v) is 10.1. The number of carbonyl (C=O) groups is 1. The van der Waals surface area contributed by atoms with Crippen LogP contribution in [0.3, 0.4) is 0 Å². The normalized spacial score (nSPS) is 16.2. The molecule has 1 atom stereocenters. The minimum absolute atomic E-state index is 0.127. The zero-order valence-electron chi connectivity index (χ0n) is 16.9. The van der Waals surface area contributed by atoms with Gasteiger partial charge in [-0.15, -0.1) is 0 Å². The smallest absolute Gasteiger partial charge is 0.228 e.